The van der Waals surface area contributed by atoms with Crippen molar-refractivity contribution in [2.24, 2.45) is 0 Å². The molecule has 13 heavy (non-hydrogen) atoms. The molecule has 0 aliphatic rings. The first-order chi connectivity index (χ1) is 6.26. The second-order valence-corrected chi connectivity index (χ2v) is 3.12. The molecular formula is C8H11ClN4. The van der Waals surface area contributed by atoms with Gasteiger partial charge in [0.05, 0.1) is 23.3 Å². The quantitative estimate of drug-likeness (QED) is 0.787. The molecule has 4 nitrogen and oxygen atoms in total. The van der Waals surface area contributed by atoms with E-state index in [4.69, 9.17) is 16.9 Å². The number of nitrogens with one attached hydrogen (secondary N) is 1. The maximum absolute atomic E-state index is 8.64. The lowest BCUT2D eigenvalue weighted by Crippen LogP contribution is -2.24. The first-order valence-corrected chi connectivity index (χ1v) is 4.39. The van der Waals surface area contributed by atoms with Crippen molar-refractivity contribution < 1.29 is 0 Å². The van der Waals surface area contributed by atoms with E-state index in [0.717, 1.165) is 6.42 Å². The van der Waals surface area contributed by atoms with E-state index in [0.29, 0.717) is 11.6 Å². The van der Waals surface area contributed by atoms with Gasteiger partial charge in [-0.25, -0.2) is 0 Å². The minimum Gasteiger partial charge on any atom is -0.305 e. The molecule has 1 aromatic heterocycles. The van der Waals surface area contributed by atoms with Crippen LogP contribution in [0.3, 0.4) is 0 Å². The zero-order chi connectivity index (χ0) is 9.68. The summed E-state index contributed by atoms with van der Waals surface area (Å²) < 4.78 is 1.73. The molecule has 0 saturated heterocycles. The Labute approximate surface area is 82.1 Å². The molecule has 5 heteroatoms. The summed E-state index contributed by atoms with van der Waals surface area (Å²) in [7, 11) is 1.77. The fraction of sp³-hybridized carbons (Fsp3) is 0.500. The number of halogens is 1. The van der Waals surface area contributed by atoms with E-state index in [2.05, 4.69) is 16.5 Å². The van der Waals surface area contributed by atoms with Crippen LogP contribution < -0.4 is 5.32 Å². The van der Waals surface area contributed by atoms with Gasteiger partial charge in [-0.15, -0.1) is 0 Å². The number of hydrogen-bond acceptors (Lipinski definition) is 3. The van der Waals surface area contributed by atoms with E-state index >= 15 is 0 Å². The van der Waals surface area contributed by atoms with Crippen LogP contribution in [-0.4, -0.2) is 22.9 Å². The highest BCUT2D eigenvalue weighted by Crippen LogP contribution is 2.05. The Hall–Kier alpha value is -1.05. The summed E-state index contributed by atoms with van der Waals surface area (Å²) in [6.45, 7) is 0.700. The van der Waals surface area contributed by atoms with E-state index < -0.39 is 0 Å². The van der Waals surface area contributed by atoms with Crippen LogP contribution in [0.4, 0.5) is 0 Å². The third-order valence-electron chi connectivity index (χ3n) is 1.75. The molecule has 0 aliphatic carbocycles. The van der Waals surface area contributed by atoms with Crippen molar-refractivity contribution in [2.45, 2.75) is 19.0 Å². The number of nitrogens with zero attached hydrogens (tertiary/aromatic N) is 3. The topological polar surface area (TPSA) is 53.6 Å². The normalized spacial score (nSPS) is 12.4. The highest BCUT2D eigenvalue weighted by Gasteiger charge is 2.03. The molecule has 0 spiro atoms. The molecule has 70 valence electrons. The fourth-order valence-corrected chi connectivity index (χ4v) is 1.15. The van der Waals surface area contributed by atoms with E-state index in [-0.39, 0.29) is 6.04 Å². The van der Waals surface area contributed by atoms with Gasteiger partial charge in [-0.05, 0) is 13.5 Å². The van der Waals surface area contributed by atoms with Gasteiger partial charge in [-0.3, -0.25) is 4.68 Å². The average Bonchev–Trinajstić information content (AvgIpc) is 2.53. The molecule has 1 unspecified atom stereocenters. The monoisotopic (exact) mass is 198 g/mol. The second kappa shape index (κ2) is 4.85. The molecule has 1 N–H and O–H groups in total. The summed E-state index contributed by atoms with van der Waals surface area (Å²) in [6, 6.07) is 2.02. The summed E-state index contributed by atoms with van der Waals surface area (Å²) in [5, 5.41) is 16.2. The lowest BCUT2D eigenvalue weighted by atomic mass is 10.2. The molecule has 0 fully saturated rings. The Morgan fingerprint density at radius 2 is 2.62 bits per heavy atom. The molecule has 0 saturated carbocycles. The Kier molecular flexibility index (Phi) is 3.74. The zero-order valence-electron chi connectivity index (χ0n) is 7.37. The van der Waals surface area contributed by atoms with E-state index in [1.807, 2.05) is 0 Å². The van der Waals surface area contributed by atoms with Crippen LogP contribution in [0.25, 0.3) is 0 Å². The number of aryl methyl sites for hydroxylation is 1. The molecule has 1 atom stereocenters. The molecule has 0 radical (unpaired) electrons. The van der Waals surface area contributed by atoms with Crippen molar-refractivity contribution in [2.75, 3.05) is 7.05 Å². The smallest absolute Gasteiger partial charge is 0.0968 e. The minimum atomic E-state index is -0.122. The van der Waals surface area contributed by atoms with Gasteiger partial charge in [0.25, 0.3) is 0 Å². The first kappa shape index (κ1) is 10.0. The van der Waals surface area contributed by atoms with Gasteiger partial charge in [0, 0.05) is 12.7 Å². The predicted molar refractivity (Wildman–Crippen MR) is 50.3 cm³/mol. The van der Waals surface area contributed by atoms with Gasteiger partial charge in [-0.1, -0.05) is 11.6 Å². The highest BCUT2D eigenvalue weighted by atomic mass is 35.5. The summed E-state index contributed by atoms with van der Waals surface area (Å²) in [4.78, 5) is 0. The largest absolute Gasteiger partial charge is 0.305 e. The molecule has 0 aromatic carbocycles. The second-order valence-electron chi connectivity index (χ2n) is 2.68. The van der Waals surface area contributed by atoms with Crippen LogP contribution in [0, 0.1) is 11.3 Å². The molecular weight excluding hydrogens is 188 g/mol. The van der Waals surface area contributed by atoms with Gasteiger partial charge < -0.3 is 5.32 Å². The Morgan fingerprint density at radius 3 is 3.08 bits per heavy atom. The van der Waals surface area contributed by atoms with Crippen molar-refractivity contribution in [3.05, 3.63) is 17.4 Å². The maximum atomic E-state index is 8.64. The van der Waals surface area contributed by atoms with Gasteiger partial charge in [-0.2, -0.15) is 10.4 Å². The lowest BCUT2D eigenvalue weighted by Gasteiger charge is -2.06. The molecule has 0 amide bonds. The number of aromatic nitrogens is 2. The Bertz CT molecular complexity index is 301. The lowest BCUT2D eigenvalue weighted by molar-refractivity contribution is 0.518. The van der Waals surface area contributed by atoms with Crippen molar-refractivity contribution in [1.29, 1.82) is 5.26 Å². The van der Waals surface area contributed by atoms with Crippen LogP contribution in [0.15, 0.2) is 12.4 Å². The average molecular weight is 199 g/mol. The summed E-state index contributed by atoms with van der Waals surface area (Å²) in [5.41, 5.74) is 0. The van der Waals surface area contributed by atoms with Gasteiger partial charge in [0.2, 0.25) is 0 Å². The number of nitriles is 1. The highest BCUT2D eigenvalue weighted by molar-refractivity contribution is 6.30. The SMILES string of the molecule is CNC(C#N)CCn1cc(Cl)cn1. The fourth-order valence-electron chi connectivity index (χ4n) is 0.995. The molecule has 1 heterocycles. The summed E-state index contributed by atoms with van der Waals surface area (Å²) in [6.07, 6.45) is 4.05. The van der Waals surface area contributed by atoms with E-state index in [1.165, 1.54) is 0 Å². The van der Waals surface area contributed by atoms with Crippen molar-refractivity contribution in [3.63, 3.8) is 0 Å². The maximum Gasteiger partial charge on any atom is 0.0968 e. The molecule has 1 rings (SSSR count). The minimum absolute atomic E-state index is 0.122. The van der Waals surface area contributed by atoms with Gasteiger partial charge in [0.1, 0.15) is 0 Å². The van der Waals surface area contributed by atoms with E-state index in [1.54, 1.807) is 24.1 Å². The van der Waals surface area contributed by atoms with Crippen molar-refractivity contribution in [1.82, 2.24) is 15.1 Å². The van der Waals surface area contributed by atoms with Crippen LogP contribution in [0.2, 0.25) is 5.02 Å². The zero-order valence-corrected chi connectivity index (χ0v) is 8.12. The first-order valence-electron chi connectivity index (χ1n) is 4.01. The van der Waals surface area contributed by atoms with Gasteiger partial charge in [0.15, 0.2) is 0 Å². The Morgan fingerprint density at radius 1 is 1.85 bits per heavy atom. The number of rotatable bonds is 4. The molecule has 0 aliphatic heterocycles. The predicted octanol–water partition coefficient (Wildman–Crippen LogP) is 1.04. The standard InChI is InChI=1S/C8H11ClN4/c1-11-8(4-10)2-3-13-6-7(9)5-12-13/h5-6,8,11H,2-3H2,1H3. The van der Waals surface area contributed by atoms with Crippen molar-refractivity contribution in [3.8, 4) is 6.07 Å². The van der Waals surface area contributed by atoms with Crippen LogP contribution in [0.5, 0.6) is 0 Å². The Balaban J connectivity index is 2.39. The van der Waals surface area contributed by atoms with Gasteiger partial charge >= 0.3 is 0 Å². The molecule has 0 bridgehead atoms. The van der Waals surface area contributed by atoms with Crippen LogP contribution in [0.1, 0.15) is 6.42 Å². The van der Waals surface area contributed by atoms with Crippen LogP contribution >= 0.6 is 11.6 Å². The third kappa shape index (κ3) is 3.05. The molecule has 1 aromatic rings. The summed E-state index contributed by atoms with van der Waals surface area (Å²) >= 11 is 5.68. The van der Waals surface area contributed by atoms with E-state index in [9.17, 15) is 0 Å². The summed E-state index contributed by atoms with van der Waals surface area (Å²) in [5.74, 6) is 0. The third-order valence-corrected chi connectivity index (χ3v) is 1.95. The van der Waals surface area contributed by atoms with Crippen LogP contribution in [-0.2, 0) is 6.54 Å². The number of hydrogen-bond donors (Lipinski definition) is 1. The van der Waals surface area contributed by atoms with Crippen molar-refractivity contribution >= 4 is 11.6 Å².